The number of hydrogen-bond donors (Lipinski definition) is 0. The zero-order chi connectivity index (χ0) is 21.6. The summed E-state index contributed by atoms with van der Waals surface area (Å²) in [6.07, 6.45) is 39.7. The first-order valence-corrected chi connectivity index (χ1v) is 15.9. The third-order valence-electron chi connectivity index (χ3n) is 9.91. The van der Waals surface area contributed by atoms with Gasteiger partial charge in [0, 0.05) is 0 Å². The van der Waals surface area contributed by atoms with Crippen molar-refractivity contribution in [3.63, 3.8) is 0 Å². The molecule has 3 saturated carbocycles. The summed E-state index contributed by atoms with van der Waals surface area (Å²) in [6, 6.07) is 0. The molecule has 1 unspecified atom stereocenters. The molecule has 0 saturated heterocycles. The molecule has 0 N–H and O–H groups in total. The molecule has 1 heteroatoms. The van der Waals surface area contributed by atoms with Gasteiger partial charge in [-0.15, -0.1) is 9.24 Å². The first-order chi connectivity index (χ1) is 15.4. The van der Waals surface area contributed by atoms with Crippen LogP contribution in [-0.4, -0.2) is 6.16 Å². The van der Waals surface area contributed by atoms with E-state index >= 15 is 0 Å². The van der Waals surface area contributed by atoms with Crippen LogP contribution in [-0.2, 0) is 0 Å². The van der Waals surface area contributed by atoms with Gasteiger partial charge in [0.2, 0.25) is 0 Å². The van der Waals surface area contributed by atoms with Crippen LogP contribution in [0.5, 0.6) is 0 Å². The van der Waals surface area contributed by atoms with Crippen LogP contribution in [0.2, 0.25) is 0 Å². The molecule has 0 aromatic carbocycles. The first-order valence-electron chi connectivity index (χ1n) is 15.1. The summed E-state index contributed by atoms with van der Waals surface area (Å²) >= 11 is 0. The smallest absolute Gasteiger partial charge is 0.0213 e. The molecule has 0 aromatic rings. The van der Waals surface area contributed by atoms with Gasteiger partial charge >= 0.3 is 0 Å². The van der Waals surface area contributed by atoms with Crippen LogP contribution in [0.1, 0.15) is 161 Å². The van der Waals surface area contributed by atoms with Crippen LogP contribution in [0, 0.1) is 23.2 Å². The first kappa shape index (κ1) is 26.0. The second-order valence-corrected chi connectivity index (χ2v) is 12.4. The minimum atomic E-state index is 0.749. The number of rotatable bonds is 14. The van der Waals surface area contributed by atoms with E-state index in [1.165, 1.54) is 76.8 Å². The fraction of sp³-hybridized carbons (Fsp3) is 1.00. The molecular formula is C30H57P. The van der Waals surface area contributed by atoms with Gasteiger partial charge in [-0.2, -0.15) is 0 Å². The largest absolute Gasteiger partial charge is 0.138 e. The third kappa shape index (κ3) is 8.01. The summed E-state index contributed by atoms with van der Waals surface area (Å²) in [6.45, 7) is 0. The maximum Gasteiger partial charge on any atom is -0.0213 e. The highest BCUT2D eigenvalue weighted by Gasteiger charge is 2.49. The molecule has 31 heavy (non-hydrogen) atoms. The van der Waals surface area contributed by atoms with E-state index in [2.05, 4.69) is 9.24 Å². The van der Waals surface area contributed by atoms with Gasteiger partial charge in [0.05, 0.1) is 0 Å². The van der Waals surface area contributed by atoms with Crippen molar-refractivity contribution in [1.82, 2.24) is 0 Å². The Morgan fingerprint density at radius 3 is 1.10 bits per heavy atom. The lowest BCUT2D eigenvalue weighted by atomic mass is 9.50. The van der Waals surface area contributed by atoms with Crippen LogP contribution in [0.4, 0.5) is 0 Å². The molecule has 0 heterocycles. The Balaban J connectivity index is 1.55. The van der Waals surface area contributed by atoms with Crippen molar-refractivity contribution in [1.29, 1.82) is 0 Å². The number of hydrogen-bond acceptors (Lipinski definition) is 0. The van der Waals surface area contributed by atoms with Gasteiger partial charge in [0.15, 0.2) is 0 Å². The predicted molar refractivity (Wildman–Crippen MR) is 143 cm³/mol. The molecule has 3 fully saturated rings. The van der Waals surface area contributed by atoms with E-state index in [1.807, 2.05) is 0 Å². The standard InChI is InChI=1S/C30H57P/c31-26-18-7-5-3-1-2-4-6-17-25-30(27-19-11-8-12-20-27,28-21-13-9-14-22-28)29-23-15-10-16-24-29/h27-29H,1-26,31H2. The minimum absolute atomic E-state index is 0.749. The molecule has 3 rings (SSSR count). The highest BCUT2D eigenvalue weighted by Crippen LogP contribution is 2.59. The molecule has 1 atom stereocenters. The minimum Gasteiger partial charge on any atom is -0.138 e. The molecule has 3 aliphatic rings. The molecule has 3 aliphatic carbocycles. The summed E-state index contributed by atoms with van der Waals surface area (Å²) in [5.41, 5.74) is 0.749. The molecule has 182 valence electrons. The summed E-state index contributed by atoms with van der Waals surface area (Å²) in [5, 5.41) is 0. The van der Waals surface area contributed by atoms with Gasteiger partial charge < -0.3 is 0 Å². The van der Waals surface area contributed by atoms with Crippen LogP contribution in [0.15, 0.2) is 0 Å². The maximum absolute atomic E-state index is 2.88. The van der Waals surface area contributed by atoms with Crippen LogP contribution in [0.25, 0.3) is 0 Å². The van der Waals surface area contributed by atoms with Crippen molar-refractivity contribution in [2.75, 3.05) is 6.16 Å². The second-order valence-electron chi connectivity index (χ2n) is 11.8. The zero-order valence-electron chi connectivity index (χ0n) is 21.2. The third-order valence-corrected chi connectivity index (χ3v) is 10.3. The van der Waals surface area contributed by atoms with E-state index in [0.717, 1.165) is 23.2 Å². The summed E-state index contributed by atoms with van der Waals surface area (Å²) in [5.74, 6) is 3.26. The van der Waals surface area contributed by atoms with E-state index in [9.17, 15) is 0 Å². The molecule has 0 radical (unpaired) electrons. The van der Waals surface area contributed by atoms with E-state index in [4.69, 9.17) is 0 Å². The lowest BCUT2D eigenvalue weighted by molar-refractivity contribution is -0.0571. The lowest BCUT2D eigenvalue weighted by Crippen LogP contribution is -2.47. The topological polar surface area (TPSA) is 0 Å². The average molecular weight is 449 g/mol. The van der Waals surface area contributed by atoms with Crippen molar-refractivity contribution in [3.8, 4) is 0 Å². The number of unbranched alkanes of at least 4 members (excludes halogenated alkanes) is 8. The Hall–Kier alpha value is 0.430. The van der Waals surface area contributed by atoms with Crippen LogP contribution >= 0.6 is 9.24 Å². The van der Waals surface area contributed by atoms with Crippen molar-refractivity contribution >= 4 is 9.24 Å². The molecule has 0 aliphatic heterocycles. The van der Waals surface area contributed by atoms with E-state index < -0.39 is 0 Å². The highest BCUT2D eigenvalue weighted by atomic mass is 31.0. The second kappa shape index (κ2) is 15.4. The van der Waals surface area contributed by atoms with Gasteiger partial charge in [-0.3, -0.25) is 0 Å². The van der Waals surface area contributed by atoms with Crippen LogP contribution < -0.4 is 0 Å². The highest BCUT2D eigenvalue weighted by molar-refractivity contribution is 7.16. The average Bonchev–Trinajstić information content (AvgIpc) is 2.84. The van der Waals surface area contributed by atoms with E-state index in [0.29, 0.717) is 0 Å². The van der Waals surface area contributed by atoms with Crippen molar-refractivity contribution < 1.29 is 0 Å². The predicted octanol–water partition coefficient (Wildman–Crippen LogP) is 10.5. The Bertz CT molecular complexity index is 380. The molecule has 0 spiro atoms. The quantitative estimate of drug-likeness (QED) is 0.183. The normalized spacial score (nSPS) is 22.7. The van der Waals surface area contributed by atoms with Crippen LogP contribution in [0.3, 0.4) is 0 Å². The Kier molecular flexibility index (Phi) is 12.9. The van der Waals surface area contributed by atoms with Crippen molar-refractivity contribution in [3.05, 3.63) is 0 Å². The molecular weight excluding hydrogens is 391 g/mol. The molecule has 0 bridgehead atoms. The van der Waals surface area contributed by atoms with Crippen molar-refractivity contribution in [2.24, 2.45) is 23.2 Å². The summed E-state index contributed by atoms with van der Waals surface area (Å²) < 4.78 is 0. The molecule has 0 amide bonds. The van der Waals surface area contributed by atoms with Gasteiger partial charge in [0.25, 0.3) is 0 Å². The Morgan fingerprint density at radius 1 is 0.419 bits per heavy atom. The van der Waals surface area contributed by atoms with Crippen molar-refractivity contribution in [2.45, 2.75) is 161 Å². The maximum atomic E-state index is 2.88. The van der Waals surface area contributed by atoms with Gasteiger partial charge in [-0.05, 0) is 80.7 Å². The van der Waals surface area contributed by atoms with E-state index in [-0.39, 0.29) is 0 Å². The van der Waals surface area contributed by atoms with E-state index in [1.54, 1.807) is 89.9 Å². The zero-order valence-corrected chi connectivity index (χ0v) is 22.3. The summed E-state index contributed by atoms with van der Waals surface area (Å²) in [4.78, 5) is 0. The van der Waals surface area contributed by atoms with Gasteiger partial charge in [0.1, 0.15) is 0 Å². The molecule has 0 nitrogen and oxygen atoms in total. The fourth-order valence-electron chi connectivity index (χ4n) is 8.35. The Labute approximate surface area is 199 Å². The SMILES string of the molecule is PCCCCCCCCCCCC(C1CCCCC1)(C1CCCCC1)C1CCCCC1. The lowest BCUT2D eigenvalue weighted by Gasteiger charge is -2.55. The summed E-state index contributed by atoms with van der Waals surface area (Å²) in [7, 11) is 2.88. The van der Waals surface area contributed by atoms with Gasteiger partial charge in [-0.1, -0.05) is 109 Å². The monoisotopic (exact) mass is 448 g/mol. The molecule has 0 aromatic heterocycles. The fourth-order valence-corrected chi connectivity index (χ4v) is 8.63. The Morgan fingerprint density at radius 2 is 0.742 bits per heavy atom. The van der Waals surface area contributed by atoms with Gasteiger partial charge in [-0.25, -0.2) is 0 Å².